The van der Waals surface area contributed by atoms with Crippen molar-refractivity contribution in [3.8, 4) is 5.75 Å². The van der Waals surface area contributed by atoms with Gasteiger partial charge in [-0.05, 0) is 37.6 Å². The molecule has 0 radical (unpaired) electrons. The highest BCUT2D eigenvalue weighted by atomic mass is 35.5. The Morgan fingerprint density at radius 1 is 1.53 bits per heavy atom. The highest BCUT2D eigenvalue weighted by Gasteiger charge is 2.26. The van der Waals surface area contributed by atoms with E-state index in [1.165, 1.54) is 0 Å². The molecule has 0 bridgehead atoms. The zero-order valence-electron chi connectivity index (χ0n) is 10.0. The quantitative estimate of drug-likeness (QED) is 0.841. The molecule has 17 heavy (non-hydrogen) atoms. The maximum atomic E-state index is 12.3. The molecule has 4 heteroatoms. The standard InChI is InChI=1S/C13H16ClNO2/c1-8-5-12(17-2)10(6-11(8)14)13(16)9-3-4-15-7-9/h5-6,9,15H,3-4,7H2,1-2H3. The molecular weight excluding hydrogens is 238 g/mol. The van der Waals surface area contributed by atoms with Crippen molar-refractivity contribution in [2.24, 2.45) is 5.92 Å². The molecule has 1 heterocycles. The van der Waals surface area contributed by atoms with Crippen LogP contribution in [0.3, 0.4) is 0 Å². The van der Waals surface area contributed by atoms with E-state index in [9.17, 15) is 4.79 Å². The van der Waals surface area contributed by atoms with Gasteiger partial charge in [0, 0.05) is 17.5 Å². The zero-order chi connectivity index (χ0) is 12.4. The molecule has 1 aromatic rings. The van der Waals surface area contributed by atoms with Crippen molar-refractivity contribution >= 4 is 17.4 Å². The summed E-state index contributed by atoms with van der Waals surface area (Å²) in [5, 5.41) is 3.80. The van der Waals surface area contributed by atoms with E-state index in [0.29, 0.717) is 16.3 Å². The molecule has 0 amide bonds. The van der Waals surface area contributed by atoms with Gasteiger partial charge in [-0.2, -0.15) is 0 Å². The topological polar surface area (TPSA) is 38.3 Å². The van der Waals surface area contributed by atoms with Gasteiger partial charge < -0.3 is 10.1 Å². The van der Waals surface area contributed by atoms with E-state index >= 15 is 0 Å². The fourth-order valence-corrected chi connectivity index (χ4v) is 2.28. The van der Waals surface area contributed by atoms with Crippen molar-refractivity contribution in [2.45, 2.75) is 13.3 Å². The maximum Gasteiger partial charge on any atom is 0.171 e. The first-order valence-electron chi connectivity index (χ1n) is 5.72. The summed E-state index contributed by atoms with van der Waals surface area (Å²) in [5.41, 5.74) is 1.52. The zero-order valence-corrected chi connectivity index (χ0v) is 10.8. The Balaban J connectivity index is 2.36. The first-order valence-corrected chi connectivity index (χ1v) is 6.10. The van der Waals surface area contributed by atoms with Gasteiger partial charge in [0.25, 0.3) is 0 Å². The molecule has 1 saturated heterocycles. The van der Waals surface area contributed by atoms with Gasteiger partial charge in [-0.25, -0.2) is 0 Å². The molecule has 0 saturated carbocycles. The average Bonchev–Trinajstić information content (AvgIpc) is 2.84. The summed E-state index contributed by atoms with van der Waals surface area (Å²) in [5.74, 6) is 0.778. The maximum absolute atomic E-state index is 12.3. The van der Waals surface area contributed by atoms with Crippen LogP contribution in [0.15, 0.2) is 12.1 Å². The number of methoxy groups -OCH3 is 1. The van der Waals surface area contributed by atoms with Crippen molar-refractivity contribution in [3.63, 3.8) is 0 Å². The smallest absolute Gasteiger partial charge is 0.171 e. The minimum Gasteiger partial charge on any atom is -0.496 e. The van der Waals surface area contributed by atoms with E-state index in [1.807, 2.05) is 13.0 Å². The molecular formula is C13H16ClNO2. The third kappa shape index (κ3) is 2.45. The van der Waals surface area contributed by atoms with Gasteiger partial charge in [-0.3, -0.25) is 4.79 Å². The first kappa shape index (κ1) is 12.4. The number of carbonyl (C=O) groups excluding carboxylic acids is 1. The lowest BCUT2D eigenvalue weighted by Crippen LogP contribution is -2.18. The van der Waals surface area contributed by atoms with Crippen molar-refractivity contribution in [3.05, 3.63) is 28.3 Å². The van der Waals surface area contributed by atoms with Crippen LogP contribution in [0, 0.1) is 12.8 Å². The van der Waals surface area contributed by atoms with E-state index in [-0.39, 0.29) is 11.7 Å². The van der Waals surface area contributed by atoms with Gasteiger partial charge in [-0.15, -0.1) is 0 Å². The Kier molecular flexibility index (Phi) is 3.69. The molecule has 2 rings (SSSR count). The molecule has 1 aliphatic heterocycles. The molecule has 0 spiro atoms. The monoisotopic (exact) mass is 253 g/mol. The Morgan fingerprint density at radius 2 is 2.29 bits per heavy atom. The fraction of sp³-hybridized carbons (Fsp3) is 0.462. The number of halogens is 1. The van der Waals surface area contributed by atoms with Crippen LogP contribution in [0.4, 0.5) is 0 Å². The number of Topliss-reactive ketones (excluding diaryl/α,β-unsaturated/α-hetero) is 1. The van der Waals surface area contributed by atoms with E-state index in [1.54, 1.807) is 13.2 Å². The van der Waals surface area contributed by atoms with Crippen molar-refractivity contribution in [1.29, 1.82) is 0 Å². The summed E-state index contributed by atoms with van der Waals surface area (Å²) in [4.78, 5) is 12.3. The molecule has 1 N–H and O–H groups in total. The minimum absolute atomic E-state index is 0.0441. The van der Waals surface area contributed by atoms with Gasteiger partial charge in [0.1, 0.15) is 5.75 Å². The molecule has 1 aliphatic rings. The summed E-state index contributed by atoms with van der Waals surface area (Å²) in [6.07, 6.45) is 0.882. The molecule has 3 nitrogen and oxygen atoms in total. The van der Waals surface area contributed by atoms with Gasteiger partial charge in [0.2, 0.25) is 0 Å². The van der Waals surface area contributed by atoms with Crippen LogP contribution in [0.2, 0.25) is 5.02 Å². The summed E-state index contributed by atoms with van der Waals surface area (Å²) >= 11 is 6.07. The van der Waals surface area contributed by atoms with E-state index in [0.717, 1.165) is 25.1 Å². The number of ether oxygens (including phenoxy) is 1. The van der Waals surface area contributed by atoms with E-state index in [2.05, 4.69) is 5.32 Å². The number of carbonyl (C=O) groups is 1. The van der Waals surface area contributed by atoms with Crippen molar-refractivity contribution < 1.29 is 9.53 Å². The van der Waals surface area contributed by atoms with Crippen LogP contribution in [0.1, 0.15) is 22.3 Å². The number of hydrogen-bond acceptors (Lipinski definition) is 3. The average molecular weight is 254 g/mol. The highest BCUT2D eigenvalue weighted by molar-refractivity contribution is 6.31. The number of ketones is 1. The lowest BCUT2D eigenvalue weighted by atomic mass is 9.95. The normalized spacial score (nSPS) is 19.4. The first-order chi connectivity index (χ1) is 8.13. The summed E-state index contributed by atoms with van der Waals surface area (Å²) in [6, 6.07) is 3.54. The SMILES string of the molecule is COc1cc(C)c(Cl)cc1C(=O)C1CCNC1. The summed E-state index contributed by atoms with van der Waals surface area (Å²) in [7, 11) is 1.58. The third-order valence-corrected chi connectivity index (χ3v) is 3.58. The summed E-state index contributed by atoms with van der Waals surface area (Å²) in [6.45, 7) is 3.54. The molecule has 1 fully saturated rings. The fourth-order valence-electron chi connectivity index (χ4n) is 2.11. The van der Waals surface area contributed by atoms with Crippen LogP contribution in [-0.2, 0) is 0 Å². The number of hydrogen-bond donors (Lipinski definition) is 1. The van der Waals surface area contributed by atoms with Crippen LogP contribution < -0.4 is 10.1 Å². The summed E-state index contributed by atoms with van der Waals surface area (Å²) < 4.78 is 5.26. The van der Waals surface area contributed by atoms with Crippen LogP contribution >= 0.6 is 11.6 Å². The van der Waals surface area contributed by atoms with E-state index < -0.39 is 0 Å². The molecule has 0 aromatic heterocycles. The van der Waals surface area contributed by atoms with E-state index in [4.69, 9.17) is 16.3 Å². The van der Waals surface area contributed by atoms with Crippen molar-refractivity contribution in [1.82, 2.24) is 5.32 Å². The van der Waals surface area contributed by atoms with Crippen molar-refractivity contribution in [2.75, 3.05) is 20.2 Å². The predicted molar refractivity (Wildman–Crippen MR) is 68.0 cm³/mol. The molecule has 1 unspecified atom stereocenters. The number of aryl methyl sites for hydroxylation is 1. The highest BCUT2D eigenvalue weighted by Crippen LogP contribution is 2.29. The van der Waals surface area contributed by atoms with Gasteiger partial charge >= 0.3 is 0 Å². The van der Waals surface area contributed by atoms with Crippen LogP contribution in [0.25, 0.3) is 0 Å². The minimum atomic E-state index is 0.0441. The Labute approximate surface area is 106 Å². The molecule has 92 valence electrons. The Morgan fingerprint density at radius 3 is 2.88 bits per heavy atom. The van der Waals surface area contributed by atoms with Gasteiger partial charge in [0.05, 0.1) is 12.7 Å². The van der Waals surface area contributed by atoms with Crippen LogP contribution in [0.5, 0.6) is 5.75 Å². The lowest BCUT2D eigenvalue weighted by molar-refractivity contribution is 0.0927. The largest absolute Gasteiger partial charge is 0.496 e. The molecule has 1 aromatic carbocycles. The number of nitrogens with one attached hydrogen (secondary N) is 1. The van der Waals surface area contributed by atoms with Gasteiger partial charge in [-0.1, -0.05) is 11.6 Å². The van der Waals surface area contributed by atoms with Gasteiger partial charge in [0.15, 0.2) is 5.78 Å². The lowest BCUT2D eigenvalue weighted by Gasteiger charge is -2.13. The third-order valence-electron chi connectivity index (χ3n) is 3.18. The predicted octanol–water partition coefficient (Wildman–Crippen LogP) is 2.45. The molecule has 1 atom stereocenters. The van der Waals surface area contributed by atoms with Crippen LogP contribution in [-0.4, -0.2) is 26.0 Å². The second kappa shape index (κ2) is 5.07. The molecule has 0 aliphatic carbocycles. The number of rotatable bonds is 3. The Bertz CT molecular complexity index is 439. The second-order valence-corrected chi connectivity index (χ2v) is 4.76. The second-order valence-electron chi connectivity index (χ2n) is 4.36. The number of benzene rings is 1. The Hall–Kier alpha value is -1.06.